The van der Waals surface area contributed by atoms with E-state index in [1.165, 1.54) is 12.1 Å². The van der Waals surface area contributed by atoms with Crippen LogP contribution in [0.15, 0.2) is 27.5 Å². The maximum atomic E-state index is 11.7. The number of piperazine rings is 1. The van der Waals surface area contributed by atoms with Crippen molar-refractivity contribution in [2.75, 3.05) is 37.3 Å². The molecule has 3 rings (SSSR count). The van der Waals surface area contributed by atoms with Gasteiger partial charge in [-0.15, -0.1) is 0 Å². The Bertz CT molecular complexity index is 942. The van der Waals surface area contributed by atoms with Gasteiger partial charge in [0.25, 0.3) is 5.69 Å². The second kappa shape index (κ2) is 7.28. The highest BCUT2D eigenvalue weighted by atomic mass is 32.2. The summed E-state index contributed by atoms with van der Waals surface area (Å²) < 4.78 is 29.0. The van der Waals surface area contributed by atoms with Crippen molar-refractivity contribution < 1.29 is 17.8 Å². The SMILES string of the molecule is Cc1nc(CN2CCN(c3ccc(S(C)(=O)=O)cc3[N+](=O)[O-])CC2)oc1C. The average molecular weight is 394 g/mol. The molecule has 1 fully saturated rings. The topological polar surface area (TPSA) is 110 Å². The quantitative estimate of drug-likeness (QED) is 0.559. The minimum absolute atomic E-state index is 0.0498. The van der Waals surface area contributed by atoms with Crippen molar-refractivity contribution in [1.29, 1.82) is 0 Å². The van der Waals surface area contributed by atoms with Crippen molar-refractivity contribution in [3.8, 4) is 0 Å². The number of nitro groups is 1. The summed E-state index contributed by atoms with van der Waals surface area (Å²) in [5.41, 5.74) is 1.13. The molecule has 0 saturated carbocycles. The molecule has 0 atom stereocenters. The second-order valence-corrected chi connectivity index (χ2v) is 8.71. The maximum absolute atomic E-state index is 11.7. The lowest BCUT2D eigenvalue weighted by Crippen LogP contribution is -2.46. The van der Waals surface area contributed by atoms with Crippen LogP contribution in [0, 0.1) is 24.0 Å². The smallest absolute Gasteiger partial charge is 0.293 e. The van der Waals surface area contributed by atoms with Crippen molar-refractivity contribution in [2.45, 2.75) is 25.3 Å². The summed E-state index contributed by atoms with van der Waals surface area (Å²) in [6.07, 6.45) is 1.04. The molecule has 0 radical (unpaired) electrons. The zero-order valence-corrected chi connectivity index (χ0v) is 16.3. The Kier molecular flexibility index (Phi) is 5.20. The van der Waals surface area contributed by atoms with Crippen LogP contribution < -0.4 is 4.90 Å². The highest BCUT2D eigenvalue weighted by molar-refractivity contribution is 7.90. The van der Waals surface area contributed by atoms with Crippen molar-refractivity contribution in [3.05, 3.63) is 45.7 Å². The van der Waals surface area contributed by atoms with Crippen LogP contribution in [-0.2, 0) is 16.4 Å². The molecule has 0 unspecified atom stereocenters. The lowest BCUT2D eigenvalue weighted by molar-refractivity contribution is -0.384. The molecule has 0 aliphatic carbocycles. The van der Waals surface area contributed by atoms with Gasteiger partial charge in [0.1, 0.15) is 11.4 Å². The number of benzene rings is 1. The highest BCUT2D eigenvalue weighted by Crippen LogP contribution is 2.31. The van der Waals surface area contributed by atoms with Crippen LogP contribution >= 0.6 is 0 Å². The minimum Gasteiger partial charge on any atom is -0.444 e. The molecule has 27 heavy (non-hydrogen) atoms. The molecule has 2 heterocycles. The number of aryl methyl sites for hydroxylation is 2. The van der Waals surface area contributed by atoms with Gasteiger partial charge in [-0.05, 0) is 26.0 Å². The second-order valence-electron chi connectivity index (χ2n) is 6.69. The summed E-state index contributed by atoms with van der Waals surface area (Å²) in [5.74, 6) is 1.48. The third-order valence-electron chi connectivity index (χ3n) is 4.72. The normalized spacial score (nSPS) is 15.9. The monoisotopic (exact) mass is 394 g/mol. The Morgan fingerprint density at radius 1 is 1.22 bits per heavy atom. The summed E-state index contributed by atoms with van der Waals surface area (Å²) in [5, 5.41) is 11.4. The van der Waals surface area contributed by atoms with Crippen LogP contribution in [0.1, 0.15) is 17.3 Å². The first kappa shape index (κ1) is 19.3. The first-order chi connectivity index (χ1) is 12.6. The number of aromatic nitrogens is 1. The van der Waals surface area contributed by atoms with Gasteiger partial charge in [0.2, 0.25) is 5.89 Å². The summed E-state index contributed by atoms with van der Waals surface area (Å²) in [4.78, 5) is 19.3. The number of nitro benzene ring substituents is 1. The number of sulfone groups is 1. The summed E-state index contributed by atoms with van der Waals surface area (Å²) >= 11 is 0. The van der Waals surface area contributed by atoms with E-state index in [9.17, 15) is 18.5 Å². The fourth-order valence-electron chi connectivity index (χ4n) is 3.09. The average Bonchev–Trinajstić information content (AvgIpc) is 2.91. The Labute approximate surface area is 157 Å². The van der Waals surface area contributed by atoms with Crippen molar-refractivity contribution in [2.24, 2.45) is 0 Å². The van der Waals surface area contributed by atoms with E-state index >= 15 is 0 Å². The summed E-state index contributed by atoms with van der Waals surface area (Å²) in [6, 6.07) is 4.07. The number of rotatable bonds is 5. The van der Waals surface area contributed by atoms with Crippen molar-refractivity contribution in [3.63, 3.8) is 0 Å². The van der Waals surface area contributed by atoms with Gasteiger partial charge in [-0.2, -0.15) is 0 Å². The Morgan fingerprint density at radius 2 is 1.89 bits per heavy atom. The molecular weight excluding hydrogens is 372 g/mol. The fourth-order valence-corrected chi connectivity index (χ4v) is 3.73. The van der Waals surface area contributed by atoms with E-state index in [2.05, 4.69) is 9.88 Å². The zero-order valence-electron chi connectivity index (χ0n) is 15.5. The standard InChI is InChI=1S/C17H22N4O5S/c1-12-13(2)26-17(18-12)11-19-6-8-20(9-7-19)15-5-4-14(27(3,24)25)10-16(15)21(22)23/h4-5,10H,6-9,11H2,1-3H3. The number of hydrogen-bond donors (Lipinski definition) is 0. The first-order valence-electron chi connectivity index (χ1n) is 8.54. The Hall–Kier alpha value is -2.46. The molecule has 0 spiro atoms. The first-order valence-corrected chi connectivity index (χ1v) is 10.4. The van der Waals surface area contributed by atoms with Gasteiger partial charge in [0.15, 0.2) is 9.84 Å². The van der Waals surface area contributed by atoms with E-state index in [0.29, 0.717) is 44.3 Å². The van der Waals surface area contributed by atoms with E-state index < -0.39 is 14.8 Å². The van der Waals surface area contributed by atoms with Crippen LogP contribution in [-0.4, -0.2) is 55.7 Å². The predicted octanol–water partition coefficient (Wildman–Crippen LogP) is 1.93. The molecule has 0 bridgehead atoms. The van der Waals surface area contributed by atoms with E-state index in [-0.39, 0.29) is 10.6 Å². The molecule has 1 aliphatic heterocycles. The Balaban J connectivity index is 1.72. The molecule has 1 aromatic heterocycles. The van der Waals surface area contributed by atoms with Gasteiger partial charge >= 0.3 is 0 Å². The number of oxazole rings is 1. The molecule has 1 aliphatic rings. The van der Waals surface area contributed by atoms with Crippen LogP contribution in [0.5, 0.6) is 0 Å². The zero-order chi connectivity index (χ0) is 19.8. The molecule has 1 aromatic carbocycles. The van der Waals surface area contributed by atoms with Crippen molar-refractivity contribution >= 4 is 21.2 Å². The van der Waals surface area contributed by atoms with E-state index in [0.717, 1.165) is 23.8 Å². The third-order valence-corrected chi connectivity index (χ3v) is 5.83. The van der Waals surface area contributed by atoms with Gasteiger partial charge in [-0.1, -0.05) is 0 Å². The van der Waals surface area contributed by atoms with Gasteiger partial charge in [-0.3, -0.25) is 15.0 Å². The lowest BCUT2D eigenvalue weighted by Gasteiger charge is -2.35. The largest absolute Gasteiger partial charge is 0.444 e. The molecule has 2 aromatic rings. The molecule has 0 amide bonds. The van der Waals surface area contributed by atoms with Crippen LogP contribution in [0.4, 0.5) is 11.4 Å². The molecule has 0 N–H and O–H groups in total. The lowest BCUT2D eigenvalue weighted by atomic mass is 10.2. The summed E-state index contributed by atoms with van der Waals surface area (Å²) in [7, 11) is -3.50. The van der Waals surface area contributed by atoms with E-state index in [1.807, 2.05) is 18.7 Å². The van der Waals surface area contributed by atoms with E-state index in [1.54, 1.807) is 0 Å². The predicted molar refractivity (Wildman–Crippen MR) is 99.7 cm³/mol. The fraction of sp³-hybridized carbons (Fsp3) is 0.471. The maximum Gasteiger partial charge on any atom is 0.293 e. The Morgan fingerprint density at radius 3 is 2.41 bits per heavy atom. The van der Waals surface area contributed by atoms with Crippen LogP contribution in [0.2, 0.25) is 0 Å². The number of nitrogens with zero attached hydrogens (tertiary/aromatic N) is 4. The van der Waals surface area contributed by atoms with Gasteiger partial charge in [-0.25, -0.2) is 13.4 Å². The van der Waals surface area contributed by atoms with Gasteiger partial charge in [0, 0.05) is 38.5 Å². The third kappa shape index (κ3) is 4.28. The molecular formula is C17H22N4O5S. The van der Waals surface area contributed by atoms with Crippen molar-refractivity contribution in [1.82, 2.24) is 9.88 Å². The van der Waals surface area contributed by atoms with Gasteiger partial charge in [0.05, 0.1) is 22.1 Å². The molecule has 146 valence electrons. The molecule has 10 heteroatoms. The molecule has 9 nitrogen and oxygen atoms in total. The van der Waals surface area contributed by atoms with Crippen LogP contribution in [0.3, 0.4) is 0 Å². The highest BCUT2D eigenvalue weighted by Gasteiger charge is 2.26. The van der Waals surface area contributed by atoms with Crippen LogP contribution in [0.25, 0.3) is 0 Å². The number of anilines is 1. The number of hydrogen-bond acceptors (Lipinski definition) is 8. The summed E-state index contributed by atoms with van der Waals surface area (Å²) in [6.45, 7) is 6.96. The van der Waals surface area contributed by atoms with Gasteiger partial charge < -0.3 is 9.32 Å². The minimum atomic E-state index is -3.50. The molecule has 1 saturated heterocycles. The van der Waals surface area contributed by atoms with E-state index in [4.69, 9.17) is 4.42 Å².